The van der Waals surface area contributed by atoms with Gasteiger partial charge in [-0.1, -0.05) is 18.2 Å². The number of aldehydes is 1. The van der Waals surface area contributed by atoms with E-state index in [1.807, 2.05) is 6.92 Å². The highest BCUT2D eigenvalue weighted by Gasteiger charge is 2.07. The van der Waals surface area contributed by atoms with E-state index < -0.39 is 5.82 Å². The van der Waals surface area contributed by atoms with Gasteiger partial charge < -0.3 is 5.73 Å². The molecular weight excluding hydrogens is 181 g/mol. The third kappa shape index (κ3) is 2.06. The number of hydrogen-bond donors (Lipinski definition) is 1. The summed E-state index contributed by atoms with van der Waals surface area (Å²) in [6.45, 7) is 2.19. The van der Waals surface area contributed by atoms with E-state index in [2.05, 4.69) is 0 Å². The second kappa shape index (κ2) is 4.67. The van der Waals surface area contributed by atoms with Crippen LogP contribution in [0.4, 0.5) is 4.39 Å². The molecule has 2 nitrogen and oxygen atoms in total. The lowest BCUT2D eigenvalue weighted by molar-refractivity contribution is 0.111. The van der Waals surface area contributed by atoms with Crippen LogP contribution >= 0.6 is 0 Å². The van der Waals surface area contributed by atoms with Crippen LogP contribution in [0.25, 0.3) is 6.08 Å². The largest absolute Gasteiger partial charge is 0.327 e. The van der Waals surface area contributed by atoms with Crippen molar-refractivity contribution in [2.75, 3.05) is 6.54 Å². The minimum atomic E-state index is -0.498. The zero-order valence-electron chi connectivity index (χ0n) is 7.96. The molecule has 0 aliphatic rings. The van der Waals surface area contributed by atoms with Crippen LogP contribution in [0.3, 0.4) is 0 Å². The number of halogens is 1. The van der Waals surface area contributed by atoms with Gasteiger partial charge in [-0.25, -0.2) is 4.39 Å². The fourth-order valence-electron chi connectivity index (χ4n) is 1.25. The molecule has 0 aliphatic heterocycles. The van der Waals surface area contributed by atoms with Crippen molar-refractivity contribution in [2.45, 2.75) is 6.92 Å². The predicted molar refractivity (Wildman–Crippen MR) is 54.6 cm³/mol. The molecule has 0 atom stereocenters. The van der Waals surface area contributed by atoms with Crippen LogP contribution in [0.15, 0.2) is 18.2 Å². The van der Waals surface area contributed by atoms with Gasteiger partial charge >= 0.3 is 0 Å². The van der Waals surface area contributed by atoms with Crippen LogP contribution in [-0.4, -0.2) is 12.8 Å². The number of aryl methyl sites for hydroxylation is 1. The number of carbonyl (C=O) groups excluding carboxylic acids is 1. The maximum atomic E-state index is 13.2. The Morgan fingerprint density at radius 1 is 1.43 bits per heavy atom. The molecule has 14 heavy (non-hydrogen) atoms. The average molecular weight is 193 g/mol. The second-order valence-electron chi connectivity index (χ2n) is 2.95. The van der Waals surface area contributed by atoms with Gasteiger partial charge in [0, 0.05) is 6.54 Å². The van der Waals surface area contributed by atoms with Crippen molar-refractivity contribution in [3.8, 4) is 0 Å². The van der Waals surface area contributed by atoms with E-state index in [1.54, 1.807) is 18.2 Å². The fourth-order valence-corrected chi connectivity index (χ4v) is 1.25. The minimum absolute atomic E-state index is 0.0923. The lowest BCUT2D eigenvalue weighted by Crippen LogP contribution is -1.97. The zero-order chi connectivity index (χ0) is 10.6. The number of carbonyl (C=O) groups is 1. The van der Waals surface area contributed by atoms with Crippen LogP contribution in [-0.2, 0) is 0 Å². The summed E-state index contributed by atoms with van der Waals surface area (Å²) in [5.41, 5.74) is 6.84. The molecule has 0 amide bonds. The second-order valence-corrected chi connectivity index (χ2v) is 2.95. The Morgan fingerprint density at radius 3 is 2.71 bits per heavy atom. The first-order valence-electron chi connectivity index (χ1n) is 4.31. The van der Waals surface area contributed by atoms with Gasteiger partial charge in [-0.2, -0.15) is 0 Å². The van der Waals surface area contributed by atoms with E-state index >= 15 is 0 Å². The molecule has 1 aromatic carbocycles. The Kier molecular flexibility index (Phi) is 3.54. The summed E-state index contributed by atoms with van der Waals surface area (Å²) in [5.74, 6) is -0.498. The summed E-state index contributed by atoms with van der Waals surface area (Å²) < 4.78 is 13.2. The topological polar surface area (TPSA) is 43.1 Å². The normalized spacial score (nSPS) is 10.8. The van der Waals surface area contributed by atoms with Crippen molar-refractivity contribution in [1.82, 2.24) is 0 Å². The van der Waals surface area contributed by atoms with Gasteiger partial charge in [-0.05, 0) is 24.1 Å². The van der Waals surface area contributed by atoms with Gasteiger partial charge in [0.05, 0.1) is 5.56 Å². The van der Waals surface area contributed by atoms with Crippen molar-refractivity contribution < 1.29 is 9.18 Å². The lowest BCUT2D eigenvalue weighted by atomic mass is 10.0. The molecule has 0 aliphatic carbocycles. The summed E-state index contributed by atoms with van der Waals surface area (Å²) in [5, 5.41) is 0. The minimum Gasteiger partial charge on any atom is -0.327 e. The number of rotatable bonds is 3. The predicted octanol–water partition coefficient (Wildman–Crippen LogP) is 1.92. The summed E-state index contributed by atoms with van der Waals surface area (Å²) in [6.07, 6.45) is 3.88. The van der Waals surface area contributed by atoms with Gasteiger partial charge in [0.2, 0.25) is 0 Å². The summed E-state index contributed by atoms with van der Waals surface area (Å²) in [7, 11) is 0. The average Bonchev–Trinajstić information content (AvgIpc) is 2.19. The Bertz CT molecular complexity index is 372. The van der Waals surface area contributed by atoms with Gasteiger partial charge in [-0.15, -0.1) is 0 Å². The van der Waals surface area contributed by atoms with Crippen LogP contribution in [0.1, 0.15) is 21.5 Å². The molecule has 0 heterocycles. The molecule has 2 N–H and O–H groups in total. The molecular formula is C11H12FNO. The molecule has 0 fully saturated rings. The fraction of sp³-hybridized carbons (Fsp3) is 0.182. The zero-order valence-corrected chi connectivity index (χ0v) is 7.96. The van der Waals surface area contributed by atoms with E-state index in [0.29, 0.717) is 18.4 Å². The molecule has 0 aromatic heterocycles. The van der Waals surface area contributed by atoms with Gasteiger partial charge in [0.25, 0.3) is 0 Å². The van der Waals surface area contributed by atoms with Gasteiger partial charge in [0.1, 0.15) is 5.82 Å². The molecule has 1 aromatic rings. The first-order chi connectivity index (χ1) is 6.70. The van der Waals surface area contributed by atoms with Crippen molar-refractivity contribution in [2.24, 2.45) is 5.73 Å². The lowest BCUT2D eigenvalue weighted by Gasteiger charge is -2.04. The van der Waals surface area contributed by atoms with Crippen molar-refractivity contribution in [3.63, 3.8) is 0 Å². The molecule has 74 valence electrons. The molecule has 0 radical (unpaired) electrons. The Hall–Kier alpha value is -1.48. The maximum Gasteiger partial charge on any atom is 0.153 e. The Balaban J connectivity index is 3.29. The number of benzene rings is 1. The number of hydrogen-bond acceptors (Lipinski definition) is 2. The standard InChI is InChI=1S/C11H12FNO/c1-8-4-5-11(12)10(7-14)9(8)3-2-6-13/h2-5,7H,6,13H2,1H3. The molecule has 0 saturated heterocycles. The highest BCUT2D eigenvalue weighted by atomic mass is 19.1. The summed E-state index contributed by atoms with van der Waals surface area (Å²) in [4.78, 5) is 10.7. The van der Waals surface area contributed by atoms with Crippen LogP contribution in [0, 0.1) is 12.7 Å². The van der Waals surface area contributed by atoms with E-state index in [9.17, 15) is 9.18 Å². The van der Waals surface area contributed by atoms with E-state index in [-0.39, 0.29) is 5.56 Å². The summed E-state index contributed by atoms with van der Waals surface area (Å²) in [6, 6.07) is 2.93. The van der Waals surface area contributed by atoms with E-state index in [0.717, 1.165) is 5.56 Å². The van der Waals surface area contributed by atoms with Crippen LogP contribution in [0.2, 0.25) is 0 Å². The first-order valence-corrected chi connectivity index (χ1v) is 4.31. The van der Waals surface area contributed by atoms with Gasteiger partial charge in [-0.3, -0.25) is 4.79 Å². The maximum absolute atomic E-state index is 13.2. The van der Waals surface area contributed by atoms with Crippen molar-refractivity contribution >= 4 is 12.4 Å². The van der Waals surface area contributed by atoms with Gasteiger partial charge in [0.15, 0.2) is 6.29 Å². The molecule has 0 bridgehead atoms. The van der Waals surface area contributed by atoms with Crippen LogP contribution < -0.4 is 5.73 Å². The Labute approximate surface area is 82.2 Å². The number of nitrogens with two attached hydrogens (primary N) is 1. The third-order valence-corrected chi connectivity index (χ3v) is 1.99. The highest BCUT2D eigenvalue weighted by molar-refractivity contribution is 5.83. The SMILES string of the molecule is Cc1ccc(F)c(C=O)c1C=CCN. The molecule has 0 unspecified atom stereocenters. The van der Waals surface area contributed by atoms with E-state index in [1.165, 1.54) is 6.07 Å². The molecule has 1 rings (SSSR count). The quantitative estimate of drug-likeness (QED) is 0.745. The Morgan fingerprint density at radius 2 is 2.14 bits per heavy atom. The van der Waals surface area contributed by atoms with Crippen LogP contribution in [0.5, 0.6) is 0 Å². The van der Waals surface area contributed by atoms with Crippen molar-refractivity contribution in [1.29, 1.82) is 0 Å². The summed E-state index contributed by atoms with van der Waals surface area (Å²) >= 11 is 0. The first kappa shape index (κ1) is 10.6. The smallest absolute Gasteiger partial charge is 0.153 e. The monoisotopic (exact) mass is 193 g/mol. The van der Waals surface area contributed by atoms with Crippen molar-refractivity contribution in [3.05, 3.63) is 40.7 Å². The third-order valence-electron chi connectivity index (χ3n) is 1.99. The highest BCUT2D eigenvalue weighted by Crippen LogP contribution is 2.17. The molecule has 0 spiro atoms. The molecule has 0 saturated carbocycles. The molecule has 3 heteroatoms. The van der Waals surface area contributed by atoms with E-state index in [4.69, 9.17) is 5.73 Å².